The highest BCUT2D eigenvalue weighted by Crippen LogP contribution is 2.29. The Kier molecular flexibility index (Phi) is 27.5. The fourth-order valence-corrected chi connectivity index (χ4v) is 3.27. The summed E-state index contributed by atoms with van der Waals surface area (Å²) in [5.41, 5.74) is 2.73. The molecule has 1 heterocycles. The van der Waals surface area contributed by atoms with Gasteiger partial charge in [-0.05, 0) is 59.5 Å². The monoisotopic (exact) mass is 790 g/mol. The summed E-state index contributed by atoms with van der Waals surface area (Å²) in [6, 6.07) is 30.1. The topological polar surface area (TPSA) is 152 Å². The zero-order chi connectivity index (χ0) is 38.6. The number of benzene rings is 3. The van der Waals surface area contributed by atoms with Crippen molar-refractivity contribution in [3.63, 3.8) is 0 Å². The maximum absolute atomic E-state index is 9.61. The van der Waals surface area contributed by atoms with Gasteiger partial charge in [-0.2, -0.15) is 5.10 Å². The van der Waals surface area contributed by atoms with Gasteiger partial charge >= 0.3 is 6.07 Å². The van der Waals surface area contributed by atoms with Crippen LogP contribution in [0.5, 0.6) is 0 Å². The number of nitrogens with zero attached hydrogens (tertiary/aromatic N) is 6. The van der Waals surface area contributed by atoms with Gasteiger partial charge in [0.1, 0.15) is 5.56 Å². The van der Waals surface area contributed by atoms with Crippen LogP contribution in [0, 0.1) is 11.3 Å². The van der Waals surface area contributed by atoms with E-state index in [1.54, 1.807) is 24.3 Å². The summed E-state index contributed by atoms with van der Waals surface area (Å²) < 4.78 is -1.61. The van der Waals surface area contributed by atoms with Crippen LogP contribution >= 0.6 is 58.0 Å². The Labute approximate surface area is 321 Å². The van der Waals surface area contributed by atoms with Crippen LogP contribution in [0.15, 0.2) is 106 Å². The molecule has 11 nitrogen and oxygen atoms in total. The molecule has 0 amide bonds. The molecule has 4 rings (SSSR count). The van der Waals surface area contributed by atoms with Gasteiger partial charge in [0.25, 0.3) is 3.25 Å². The molecule has 0 saturated carbocycles. The minimum Gasteiger partial charge on any atom is -0.498 e. The molecule has 16 heteroatoms. The van der Waals surface area contributed by atoms with E-state index < -0.39 is 8.98 Å². The summed E-state index contributed by atoms with van der Waals surface area (Å²) in [7, 11) is 0. The number of hydrazine groups is 1. The number of hydrogen-bond donors (Lipinski definition) is 3. The number of rotatable bonds is 5. The molecular formula is C34H47Cl5N8O3. The standard InChI is InChI=1S/C10H13N3O.C7H6ClNO.C7H5NO.C6H15N.C3H8N2.CCl4/c1-10(2)13(11)9(12-14-10)8-6-4-3-5-7-8;8-7(9-10)6-4-2-1-3-5-6;9-8-6-7-4-2-1-3-5-7;1-4-7(5-2)6-3;1-3(2)5-4;2-1(3,4)5/h3-7H,11H2,1-2H3;1-5,10H;1-5H;4-6H2,1-3H3;4H2,1-2H3;/b;9-7+;;;;. The molecule has 0 radical (unpaired) electrons. The van der Waals surface area contributed by atoms with E-state index in [-0.39, 0.29) is 5.17 Å². The molecular weight excluding hydrogens is 746 g/mol. The van der Waals surface area contributed by atoms with Crippen molar-refractivity contribution in [3.8, 4) is 6.07 Å². The molecule has 0 unspecified atom stereocenters. The lowest BCUT2D eigenvalue weighted by Gasteiger charge is -2.25. The van der Waals surface area contributed by atoms with Gasteiger partial charge in [-0.15, -0.1) is 0 Å². The van der Waals surface area contributed by atoms with Crippen LogP contribution in [0.1, 0.15) is 65.2 Å². The van der Waals surface area contributed by atoms with Gasteiger partial charge in [-0.3, -0.25) is 0 Å². The minimum atomic E-state index is -1.61. The number of amidine groups is 1. The second-order valence-electron chi connectivity index (χ2n) is 10.1. The Hall–Kier alpha value is -3.47. The van der Waals surface area contributed by atoms with Gasteiger partial charge in [0, 0.05) is 21.8 Å². The molecule has 3 aromatic rings. The van der Waals surface area contributed by atoms with E-state index >= 15 is 0 Å². The molecule has 50 heavy (non-hydrogen) atoms. The van der Waals surface area contributed by atoms with E-state index in [1.165, 1.54) is 24.6 Å². The molecule has 0 atom stereocenters. The van der Waals surface area contributed by atoms with Gasteiger partial charge < -0.3 is 26.0 Å². The van der Waals surface area contributed by atoms with Gasteiger partial charge in [-0.25, -0.2) is 10.9 Å². The molecule has 0 aliphatic carbocycles. The summed E-state index contributed by atoms with van der Waals surface area (Å²) in [6.07, 6.45) is 0. The molecule has 0 spiro atoms. The summed E-state index contributed by atoms with van der Waals surface area (Å²) in [6.45, 7) is 17.6. The van der Waals surface area contributed by atoms with E-state index in [4.69, 9.17) is 79.7 Å². The maximum Gasteiger partial charge on any atom is 0.336 e. The number of alkyl halides is 4. The number of halogens is 5. The predicted octanol–water partition coefficient (Wildman–Crippen LogP) is 9.46. The van der Waals surface area contributed by atoms with Crippen molar-refractivity contribution >= 4 is 74.7 Å². The average molecular weight is 793 g/mol. The molecule has 0 bridgehead atoms. The zero-order valence-corrected chi connectivity index (χ0v) is 33.1. The van der Waals surface area contributed by atoms with Gasteiger partial charge in [-0.1, -0.05) is 168 Å². The van der Waals surface area contributed by atoms with Crippen LogP contribution in [0.2, 0.25) is 0 Å². The molecule has 0 aromatic heterocycles. The van der Waals surface area contributed by atoms with E-state index in [9.17, 15) is 5.21 Å². The summed E-state index contributed by atoms with van der Waals surface area (Å²) in [5, 5.41) is 32.1. The zero-order valence-electron chi connectivity index (χ0n) is 29.3. The number of hydrogen-bond acceptors (Lipinski definition) is 10. The largest absolute Gasteiger partial charge is 0.498 e. The first-order valence-corrected chi connectivity index (χ1v) is 17.0. The fraction of sp³-hybridized carbons (Fsp3) is 0.353. The van der Waals surface area contributed by atoms with E-state index in [2.05, 4.69) is 52.2 Å². The van der Waals surface area contributed by atoms with Crippen LogP contribution in [0.3, 0.4) is 0 Å². The Balaban J connectivity index is 0. The Morgan fingerprint density at radius 2 is 1.32 bits per heavy atom. The van der Waals surface area contributed by atoms with Crippen molar-refractivity contribution in [2.45, 2.75) is 57.4 Å². The number of hydrazone groups is 1. The predicted molar refractivity (Wildman–Crippen MR) is 214 cm³/mol. The van der Waals surface area contributed by atoms with Crippen molar-refractivity contribution in [2.24, 2.45) is 27.1 Å². The van der Waals surface area contributed by atoms with Crippen LogP contribution in [-0.2, 0) is 4.84 Å². The first kappa shape index (κ1) is 48.6. The van der Waals surface area contributed by atoms with Crippen molar-refractivity contribution in [2.75, 3.05) is 19.6 Å². The first-order valence-electron chi connectivity index (χ1n) is 15.1. The first-order chi connectivity index (χ1) is 23.5. The van der Waals surface area contributed by atoms with E-state index in [0.29, 0.717) is 17.0 Å². The third-order valence-electron chi connectivity index (χ3n) is 5.84. The van der Waals surface area contributed by atoms with Crippen molar-refractivity contribution in [3.05, 3.63) is 118 Å². The van der Waals surface area contributed by atoms with Crippen molar-refractivity contribution in [1.82, 2.24) is 9.91 Å². The van der Waals surface area contributed by atoms with E-state index in [0.717, 1.165) is 11.3 Å². The van der Waals surface area contributed by atoms with Crippen LogP contribution in [0.4, 0.5) is 0 Å². The van der Waals surface area contributed by atoms with Crippen LogP contribution in [0.25, 0.3) is 5.01 Å². The van der Waals surface area contributed by atoms with Gasteiger partial charge in [0.15, 0.2) is 11.0 Å². The number of oxime groups is 2. The summed E-state index contributed by atoms with van der Waals surface area (Å²) in [4.78, 5) is 7.58. The molecule has 3 aromatic carbocycles. The van der Waals surface area contributed by atoms with Gasteiger partial charge in [0.2, 0.25) is 5.72 Å². The van der Waals surface area contributed by atoms with E-state index in [1.807, 2.05) is 94.4 Å². The highest BCUT2D eigenvalue weighted by Gasteiger charge is 2.35. The molecule has 5 N–H and O–H groups in total. The summed E-state index contributed by atoms with van der Waals surface area (Å²) >= 11 is 24.8. The maximum atomic E-state index is 9.61. The molecule has 1 aliphatic heterocycles. The lowest BCUT2D eigenvalue weighted by Crippen LogP contribution is -2.48. The second kappa shape index (κ2) is 28.3. The van der Waals surface area contributed by atoms with Gasteiger partial charge in [0.05, 0.1) is 0 Å². The minimum absolute atomic E-state index is 0.112. The Bertz CT molecular complexity index is 1430. The smallest absolute Gasteiger partial charge is 0.336 e. The third kappa shape index (κ3) is 25.5. The molecule has 1 aliphatic rings. The lowest BCUT2D eigenvalue weighted by molar-refractivity contribution is -0.0691. The van der Waals surface area contributed by atoms with Crippen molar-refractivity contribution in [1.29, 1.82) is 0 Å². The highest BCUT2D eigenvalue weighted by molar-refractivity contribution is 6.83. The summed E-state index contributed by atoms with van der Waals surface area (Å²) in [5.74, 6) is 11.3. The molecule has 0 fully saturated rings. The number of nitrogens with two attached hydrogens (primary N) is 2. The fourth-order valence-electron chi connectivity index (χ4n) is 3.15. The molecule has 276 valence electrons. The average Bonchev–Trinajstić information content (AvgIpc) is 3.38. The lowest BCUT2D eigenvalue weighted by atomic mass is 10.2. The SMILES string of the molecule is CC(C)=NN.CC1(C)ON=C(c2ccccc2)N1N.CCN(CC)CC.ClC(Cl)(Cl)Cl.O/N=C(/Cl)c1ccccc1.[O-][N+]#Cc1ccccc1. The normalized spacial score (nSPS) is 12.3. The Morgan fingerprint density at radius 3 is 1.62 bits per heavy atom. The van der Waals surface area contributed by atoms with Crippen LogP contribution < -0.4 is 11.7 Å². The Morgan fingerprint density at radius 1 is 0.920 bits per heavy atom. The third-order valence-corrected chi connectivity index (χ3v) is 6.14. The quantitative estimate of drug-likeness (QED) is 0.0765. The molecule has 0 saturated heterocycles. The second-order valence-corrected chi connectivity index (χ2v) is 13.9. The van der Waals surface area contributed by atoms with Crippen molar-refractivity contribution < 1.29 is 10.0 Å². The highest BCUT2D eigenvalue weighted by atomic mass is 35.6. The van der Waals surface area contributed by atoms with Crippen LogP contribution in [-0.4, -0.2) is 60.4 Å².